The molecule has 1 N–H and O–H groups in total. The summed E-state index contributed by atoms with van der Waals surface area (Å²) in [6.45, 7) is 0. The molecule has 1 aliphatic carbocycles. The molecule has 0 bridgehead atoms. The van der Waals surface area contributed by atoms with Gasteiger partial charge in [0, 0.05) is 27.6 Å². The van der Waals surface area contributed by atoms with E-state index in [0.29, 0.717) is 6.04 Å². The summed E-state index contributed by atoms with van der Waals surface area (Å²) >= 11 is 1.83. The molecule has 0 atom stereocenters. The number of aliphatic imine (C=N–C) groups is 1. The largest absolute Gasteiger partial charge is 0.353 e. The van der Waals surface area contributed by atoms with Crippen molar-refractivity contribution in [3.63, 3.8) is 0 Å². The van der Waals surface area contributed by atoms with Crippen molar-refractivity contribution in [3.05, 3.63) is 48.0 Å². The molecule has 2 aromatic rings. The smallest absolute Gasteiger partial charge is 0.0615 e. The van der Waals surface area contributed by atoms with E-state index in [2.05, 4.69) is 54.0 Å². The van der Waals surface area contributed by atoms with E-state index >= 15 is 0 Å². The van der Waals surface area contributed by atoms with E-state index in [1.165, 1.54) is 52.4 Å². The summed E-state index contributed by atoms with van der Waals surface area (Å²) in [6.07, 6.45) is 7.22. The second-order valence-electron chi connectivity index (χ2n) is 5.66. The van der Waals surface area contributed by atoms with Crippen molar-refractivity contribution in [1.82, 2.24) is 0 Å². The highest BCUT2D eigenvalue weighted by atomic mass is 32.2. The number of nitrogens with one attached hydrogen (secondary N) is 1. The van der Waals surface area contributed by atoms with Gasteiger partial charge in [-0.15, -0.1) is 0 Å². The maximum Gasteiger partial charge on any atom is 0.0615 e. The number of anilines is 2. The van der Waals surface area contributed by atoms with E-state index in [9.17, 15) is 0 Å². The summed E-state index contributed by atoms with van der Waals surface area (Å²) in [6, 6.07) is 15.4. The first-order chi connectivity index (χ1) is 10.4. The molecule has 4 rings (SSSR count). The van der Waals surface area contributed by atoms with Crippen molar-refractivity contribution in [2.45, 2.75) is 41.5 Å². The Morgan fingerprint density at radius 2 is 1.81 bits per heavy atom. The van der Waals surface area contributed by atoms with Gasteiger partial charge in [0.15, 0.2) is 0 Å². The fraction of sp³-hybridized carbons (Fsp3) is 0.278. The summed E-state index contributed by atoms with van der Waals surface area (Å²) < 4.78 is 0. The second kappa shape index (κ2) is 5.57. The summed E-state index contributed by atoms with van der Waals surface area (Å²) in [4.78, 5) is 7.35. The third-order valence-electron chi connectivity index (χ3n) is 4.17. The predicted molar refractivity (Wildman–Crippen MR) is 90.1 cm³/mol. The van der Waals surface area contributed by atoms with Crippen LogP contribution in [0.1, 0.15) is 31.2 Å². The third kappa shape index (κ3) is 2.58. The second-order valence-corrected chi connectivity index (χ2v) is 6.74. The molecule has 0 aromatic heterocycles. The summed E-state index contributed by atoms with van der Waals surface area (Å²) in [5, 5.41) is 3.57. The summed E-state index contributed by atoms with van der Waals surface area (Å²) in [5.41, 5.74) is 3.58. The number of hydrogen-bond acceptors (Lipinski definition) is 3. The van der Waals surface area contributed by atoms with E-state index < -0.39 is 0 Å². The molecule has 0 saturated heterocycles. The van der Waals surface area contributed by atoms with Gasteiger partial charge in [0.1, 0.15) is 0 Å². The maximum atomic E-state index is 4.78. The van der Waals surface area contributed by atoms with Crippen LogP contribution in [0.3, 0.4) is 0 Å². The van der Waals surface area contributed by atoms with Crippen molar-refractivity contribution in [1.29, 1.82) is 0 Å². The zero-order chi connectivity index (χ0) is 14.1. The molecule has 1 aliphatic heterocycles. The average molecular weight is 294 g/mol. The molecule has 2 aliphatic rings. The lowest BCUT2D eigenvalue weighted by atomic mass is 10.1. The Morgan fingerprint density at radius 1 is 1.00 bits per heavy atom. The van der Waals surface area contributed by atoms with Crippen LogP contribution >= 0.6 is 11.8 Å². The van der Waals surface area contributed by atoms with Gasteiger partial charge in [0.05, 0.1) is 11.4 Å². The Bertz CT molecular complexity index is 687. The highest BCUT2D eigenvalue weighted by Gasteiger charge is 2.18. The Balaban J connectivity index is 1.66. The van der Waals surface area contributed by atoms with Crippen molar-refractivity contribution in [2.24, 2.45) is 4.99 Å². The highest BCUT2D eigenvalue weighted by molar-refractivity contribution is 7.99. The molecule has 1 saturated carbocycles. The molecular formula is C18H18N2S. The van der Waals surface area contributed by atoms with Crippen LogP contribution in [0, 0.1) is 0 Å². The van der Waals surface area contributed by atoms with Gasteiger partial charge in [-0.3, -0.25) is 4.99 Å². The van der Waals surface area contributed by atoms with Crippen LogP contribution in [0.5, 0.6) is 0 Å². The monoisotopic (exact) mass is 294 g/mol. The van der Waals surface area contributed by atoms with Gasteiger partial charge < -0.3 is 5.32 Å². The minimum atomic E-state index is 0.532. The predicted octanol–water partition coefficient (Wildman–Crippen LogP) is 5.26. The quantitative estimate of drug-likeness (QED) is 0.652. The SMILES string of the molecule is C(=NC1CCCC1)c1cccc2c1Nc1ccccc1S2. The molecule has 0 spiro atoms. The van der Waals surface area contributed by atoms with E-state index in [1.54, 1.807) is 0 Å². The molecule has 21 heavy (non-hydrogen) atoms. The van der Waals surface area contributed by atoms with Gasteiger partial charge in [0.2, 0.25) is 0 Å². The van der Waals surface area contributed by atoms with Gasteiger partial charge in [-0.1, -0.05) is 48.9 Å². The van der Waals surface area contributed by atoms with Gasteiger partial charge in [-0.2, -0.15) is 0 Å². The van der Waals surface area contributed by atoms with Crippen LogP contribution < -0.4 is 5.32 Å². The Labute approximate surface area is 129 Å². The lowest BCUT2D eigenvalue weighted by Crippen LogP contribution is -2.04. The molecule has 0 unspecified atom stereocenters. The number of nitrogens with zero attached hydrogens (tertiary/aromatic N) is 1. The number of rotatable bonds is 2. The van der Waals surface area contributed by atoms with Gasteiger partial charge in [0.25, 0.3) is 0 Å². The van der Waals surface area contributed by atoms with Crippen LogP contribution in [0.4, 0.5) is 11.4 Å². The van der Waals surface area contributed by atoms with E-state index in [-0.39, 0.29) is 0 Å². The van der Waals surface area contributed by atoms with Crippen LogP contribution in [0.25, 0.3) is 0 Å². The van der Waals surface area contributed by atoms with Gasteiger partial charge in [-0.25, -0.2) is 0 Å². The van der Waals surface area contributed by atoms with Crippen molar-refractivity contribution >= 4 is 29.4 Å². The molecule has 0 radical (unpaired) electrons. The van der Waals surface area contributed by atoms with Crippen LogP contribution in [-0.2, 0) is 0 Å². The van der Waals surface area contributed by atoms with Gasteiger partial charge >= 0.3 is 0 Å². The minimum absolute atomic E-state index is 0.532. The van der Waals surface area contributed by atoms with E-state index in [0.717, 1.165) is 0 Å². The number of benzene rings is 2. The number of hydrogen-bond donors (Lipinski definition) is 1. The topological polar surface area (TPSA) is 24.4 Å². The normalized spacial score (nSPS) is 17.5. The minimum Gasteiger partial charge on any atom is -0.353 e. The maximum absolute atomic E-state index is 4.78. The Kier molecular flexibility index (Phi) is 3.44. The first kappa shape index (κ1) is 13.0. The number of fused-ring (bicyclic) bond motifs is 2. The van der Waals surface area contributed by atoms with E-state index in [4.69, 9.17) is 4.99 Å². The number of para-hydroxylation sites is 2. The van der Waals surface area contributed by atoms with Crippen LogP contribution in [0.2, 0.25) is 0 Å². The van der Waals surface area contributed by atoms with Crippen molar-refractivity contribution in [2.75, 3.05) is 5.32 Å². The molecule has 1 fully saturated rings. The molecule has 106 valence electrons. The highest BCUT2D eigenvalue weighted by Crippen LogP contribution is 2.44. The van der Waals surface area contributed by atoms with Crippen LogP contribution in [0.15, 0.2) is 57.2 Å². The molecule has 2 nitrogen and oxygen atoms in total. The molecule has 1 heterocycles. The Morgan fingerprint density at radius 3 is 2.71 bits per heavy atom. The fourth-order valence-corrected chi connectivity index (χ4v) is 4.06. The lowest BCUT2D eigenvalue weighted by molar-refractivity contribution is 0.710. The summed E-state index contributed by atoms with van der Waals surface area (Å²) in [7, 11) is 0. The fourth-order valence-electron chi connectivity index (χ4n) is 3.03. The molecule has 2 aromatic carbocycles. The van der Waals surface area contributed by atoms with Crippen molar-refractivity contribution in [3.8, 4) is 0 Å². The van der Waals surface area contributed by atoms with Gasteiger partial charge in [-0.05, 0) is 31.0 Å². The van der Waals surface area contributed by atoms with Crippen LogP contribution in [-0.4, -0.2) is 12.3 Å². The van der Waals surface area contributed by atoms with E-state index in [1.807, 2.05) is 11.8 Å². The molecule has 3 heteroatoms. The zero-order valence-corrected chi connectivity index (χ0v) is 12.7. The standard InChI is InChI=1S/C18H18N2S/c1-2-8-14(7-1)19-12-13-6-5-11-17-18(13)20-15-9-3-4-10-16(15)21-17/h3-6,9-12,14,20H,1-2,7-8H2. The first-order valence-corrected chi connectivity index (χ1v) is 8.42. The average Bonchev–Trinajstić information content (AvgIpc) is 3.04. The Hall–Kier alpha value is -1.74. The molecular weight excluding hydrogens is 276 g/mol. The summed E-state index contributed by atoms with van der Waals surface area (Å²) in [5.74, 6) is 0. The molecule has 0 amide bonds. The first-order valence-electron chi connectivity index (χ1n) is 7.60. The van der Waals surface area contributed by atoms with Crippen molar-refractivity contribution < 1.29 is 0 Å². The zero-order valence-electron chi connectivity index (χ0n) is 11.9. The third-order valence-corrected chi connectivity index (χ3v) is 5.31. The lowest BCUT2D eigenvalue weighted by Gasteiger charge is -2.22.